The molecule has 0 unspecified atom stereocenters. The second-order valence-electron chi connectivity index (χ2n) is 6.53. The minimum absolute atomic E-state index is 0.00264. The van der Waals surface area contributed by atoms with Gasteiger partial charge in [0.15, 0.2) is 0 Å². The molecule has 1 aromatic heterocycles. The molecule has 1 saturated carbocycles. The summed E-state index contributed by atoms with van der Waals surface area (Å²) in [4.78, 5) is 22.3. The highest BCUT2D eigenvalue weighted by Crippen LogP contribution is 2.22. The lowest BCUT2D eigenvalue weighted by molar-refractivity contribution is 0.0571. The van der Waals surface area contributed by atoms with Crippen molar-refractivity contribution in [2.45, 2.75) is 56.7 Å². The smallest absolute Gasteiger partial charge is 0.274 e. The molecule has 1 aliphatic heterocycles. The highest BCUT2D eigenvalue weighted by atomic mass is 16.5. The van der Waals surface area contributed by atoms with Crippen LogP contribution >= 0.6 is 0 Å². The van der Waals surface area contributed by atoms with Gasteiger partial charge in [-0.05, 0) is 38.5 Å². The zero-order chi connectivity index (χ0) is 16.1. The number of likely N-dealkylation sites (tertiary alicyclic amines) is 1. The summed E-state index contributed by atoms with van der Waals surface area (Å²) in [6.07, 6.45) is 11.8. The molecule has 1 saturated heterocycles. The van der Waals surface area contributed by atoms with Crippen LogP contribution in [0.3, 0.4) is 0 Å². The molecule has 6 nitrogen and oxygen atoms in total. The van der Waals surface area contributed by atoms with E-state index in [1.165, 1.54) is 12.8 Å². The summed E-state index contributed by atoms with van der Waals surface area (Å²) in [5.41, 5.74) is 0.441. The van der Waals surface area contributed by atoms with Crippen molar-refractivity contribution in [3.8, 4) is 0 Å². The van der Waals surface area contributed by atoms with Crippen LogP contribution in [0.25, 0.3) is 0 Å². The van der Waals surface area contributed by atoms with E-state index in [0.717, 1.165) is 38.8 Å². The lowest BCUT2D eigenvalue weighted by Gasteiger charge is -2.36. The average molecular weight is 318 g/mol. The minimum atomic E-state index is -0.00264. The van der Waals surface area contributed by atoms with E-state index in [1.54, 1.807) is 18.6 Å². The Hall–Kier alpha value is -1.53. The molecule has 0 bridgehead atoms. The predicted octanol–water partition coefficient (Wildman–Crippen LogP) is 1.63. The summed E-state index contributed by atoms with van der Waals surface area (Å²) in [7, 11) is 1.81. The maximum atomic E-state index is 12.4. The normalized spacial score (nSPS) is 26.2. The molecule has 2 aliphatic rings. The van der Waals surface area contributed by atoms with Crippen molar-refractivity contribution in [1.29, 1.82) is 0 Å². The number of nitrogens with one attached hydrogen (secondary N) is 1. The van der Waals surface area contributed by atoms with E-state index in [-0.39, 0.29) is 5.91 Å². The third-order valence-corrected chi connectivity index (χ3v) is 5.04. The SMILES string of the molecule is COC1CCC(NC2CCN(C(=O)c3cnccn3)CC2)CC1. The second-order valence-corrected chi connectivity index (χ2v) is 6.53. The summed E-state index contributed by atoms with van der Waals surface area (Å²) in [5, 5.41) is 3.78. The molecule has 1 aliphatic carbocycles. The quantitative estimate of drug-likeness (QED) is 0.914. The number of carbonyl (C=O) groups excluding carboxylic acids is 1. The molecule has 126 valence electrons. The number of piperidine rings is 1. The van der Waals surface area contributed by atoms with Crippen LogP contribution in [0, 0.1) is 0 Å². The summed E-state index contributed by atoms with van der Waals surface area (Å²) in [5.74, 6) is -0.00264. The number of amides is 1. The van der Waals surface area contributed by atoms with Crippen LogP contribution in [0.15, 0.2) is 18.6 Å². The van der Waals surface area contributed by atoms with Crippen molar-refractivity contribution < 1.29 is 9.53 Å². The molecule has 3 rings (SSSR count). The van der Waals surface area contributed by atoms with Gasteiger partial charge in [-0.15, -0.1) is 0 Å². The Morgan fingerprint density at radius 3 is 2.43 bits per heavy atom. The lowest BCUT2D eigenvalue weighted by atomic mass is 9.91. The van der Waals surface area contributed by atoms with Crippen LogP contribution in [0.2, 0.25) is 0 Å². The second kappa shape index (κ2) is 7.84. The average Bonchev–Trinajstić information content (AvgIpc) is 2.63. The van der Waals surface area contributed by atoms with Crippen LogP contribution in [-0.4, -0.2) is 59.2 Å². The van der Waals surface area contributed by atoms with E-state index < -0.39 is 0 Å². The summed E-state index contributed by atoms with van der Waals surface area (Å²) in [6.45, 7) is 1.58. The molecular weight excluding hydrogens is 292 g/mol. The first kappa shape index (κ1) is 16.3. The molecule has 1 aromatic rings. The van der Waals surface area contributed by atoms with Gasteiger partial charge in [0.05, 0.1) is 12.3 Å². The Morgan fingerprint density at radius 2 is 1.83 bits per heavy atom. The van der Waals surface area contributed by atoms with Gasteiger partial charge in [-0.1, -0.05) is 0 Å². The molecule has 1 N–H and O–H groups in total. The fraction of sp³-hybridized carbons (Fsp3) is 0.706. The maximum Gasteiger partial charge on any atom is 0.274 e. The van der Waals surface area contributed by atoms with Crippen molar-refractivity contribution >= 4 is 5.91 Å². The zero-order valence-electron chi connectivity index (χ0n) is 13.8. The summed E-state index contributed by atoms with van der Waals surface area (Å²) in [6, 6.07) is 1.12. The number of hydrogen-bond donors (Lipinski definition) is 1. The molecule has 2 fully saturated rings. The van der Waals surface area contributed by atoms with Gasteiger partial charge in [0.2, 0.25) is 0 Å². The van der Waals surface area contributed by atoms with Gasteiger partial charge >= 0.3 is 0 Å². The number of nitrogens with zero attached hydrogens (tertiary/aromatic N) is 3. The van der Waals surface area contributed by atoms with Gasteiger partial charge in [0.25, 0.3) is 5.91 Å². The van der Waals surface area contributed by atoms with E-state index in [4.69, 9.17) is 4.74 Å². The molecule has 0 spiro atoms. The van der Waals surface area contributed by atoms with Gasteiger partial charge in [-0.2, -0.15) is 0 Å². The molecule has 2 heterocycles. The number of aromatic nitrogens is 2. The van der Waals surface area contributed by atoms with Crippen molar-refractivity contribution in [1.82, 2.24) is 20.2 Å². The van der Waals surface area contributed by atoms with E-state index >= 15 is 0 Å². The fourth-order valence-corrected chi connectivity index (χ4v) is 3.62. The standard InChI is InChI=1S/C17H26N4O2/c1-23-15-4-2-13(3-5-15)20-14-6-10-21(11-7-14)17(22)16-12-18-8-9-19-16/h8-9,12-15,20H,2-7,10-11H2,1H3. The molecule has 0 radical (unpaired) electrons. The zero-order valence-corrected chi connectivity index (χ0v) is 13.8. The van der Waals surface area contributed by atoms with Gasteiger partial charge < -0.3 is 15.0 Å². The molecule has 0 aromatic carbocycles. The van der Waals surface area contributed by atoms with Crippen LogP contribution in [0.1, 0.15) is 49.0 Å². The lowest BCUT2D eigenvalue weighted by Crippen LogP contribution is -2.48. The Bertz CT molecular complexity index is 495. The van der Waals surface area contributed by atoms with Gasteiger partial charge in [-0.3, -0.25) is 9.78 Å². The highest BCUT2D eigenvalue weighted by Gasteiger charge is 2.27. The van der Waals surface area contributed by atoms with Crippen molar-refractivity contribution in [3.05, 3.63) is 24.3 Å². The van der Waals surface area contributed by atoms with E-state index in [1.807, 2.05) is 12.0 Å². The first-order chi connectivity index (χ1) is 11.3. The topological polar surface area (TPSA) is 67.3 Å². The molecule has 6 heteroatoms. The number of hydrogen-bond acceptors (Lipinski definition) is 5. The van der Waals surface area contributed by atoms with Crippen LogP contribution < -0.4 is 5.32 Å². The monoisotopic (exact) mass is 318 g/mol. The van der Waals surface area contributed by atoms with Crippen LogP contribution in [0.5, 0.6) is 0 Å². The Kier molecular flexibility index (Phi) is 5.56. The minimum Gasteiger partial charge on any atom is -0.381 e. The first-order valence-corrected chi connectivity index (χ1v) is 8.60. The Morgan fingerprint density at radius 1 is 1.13 bits per heavy atom. The summed E-state index contributed by atoms with van der Waals surface area (Å²) < 4.78 is 5.43. The molecule has 0 atom stereocenters. The molecule has 23 heavy (non-hydrogen) atoms. The fourth-order valence-electron chi connectivity index (χ4n) is 3.62. The third-order valence-electron chi connectivity index (χ3n) is 5.04. The molecular formula is C17H26N4O2. The maximum absolute atomic E-state index is 12.4. The number of ether oxygens (including phenoxy) is 1. The van der Waals surface area contributed by atoms with E-state index in [2.05, 4.69) is 15.3 Å². The number of rotatable bonds is 4. The summed E-state index contributed by atoms with van der Waals surface area (Å²) >= 11 is 0. The highest BCUT2D eigenvalue weighted by molar-refractivity contribution is 5.92. The number of carbonyl (C=O) groups is 1. The van der Waals surface area contributed by atoms with Crippen molar-refractivity contribution in [3.63, 3.8) is 0 Å². The van der Waals surface area contributed by atoms with Gasteiger partial charge in [0, 0.05) is 44.7 Å². The Labute approximate surface area is 137 Å². The van der Waals surface area contributed by atoms with E-state index in [9.17, 15) is 4.79 Å². The first-order valence-electron chi connectivity index (χ1n) is 8.60. The van der Waals surface area contributed by atoms with E-state index in [0.29, 0.717) is 23.9 Å². The molecule has 1 amide bonds. The van der Waals surface area contributed by atoms with Crippen molar-refractivity contribution in [2.24, 2.45) is 0 Å². The Balaban J connectivity index is 1.43. The largest absolute Gasteiger partial charge is 0.381 e. The third kappa shape index (κ3) is 4.26. The number of methoxy groups -OCH3 is 1. The van der Waals surface area contributed by atoms with Gasteiger partial charge in [-0.25, -0.2) is 4.98 Å². The van der Waals surface area contributed by atoms with Gasteiger partial charge in [0.1, 0.15) is 5.69 Å². The predicted molar refractivity (Wildman–Crippen MR) is 87.1 cm³/mol. The van der Waals surface area contributed by atoms with Crippen LogP contribution in [-0.2, 0) is 4.74 Å². The van der Waals surface area contributed by atoms with Crippen molar-refractivity contribution in [2.75, 3.05) is 20.2 Å². The van der Waals surface area contributed by atoms with Crippen LogP contribution in [0.4, 0.5) is 0 Å².